The first-order valence-corrected chi connectivity index (χ1v) is 7.15. The van der Waals surface area contributed by atoms with E-state index in [0.717, 1.165) is 11.3 Å². The van der Waals surface area contributed by atoms with E-state index in [-0.39, 0.29) is 6.04 Å². The number of allylic oxidation sites excluding steroid dienone is 1. The van der Waals surface area contributed by atoms with E-state index >= 15 is 0 Å². The van der Waals surface area contributed by atoms with E-state index in [9.17, 15) is 0 Å². The normalized spacial score (nSPS) is 17.2. The van der Waals surface area contributed by atoms with Gasteiger partial charge in [0.25, 0.3) is 0 Å². The van der Waals surface area contributed by atoms with Gasteiger partial charge in [-0.2, -0.15) is 4.68 Å². The molecule has 0 unspecified atom stereocenters. The molecule has 1 aromatic carbocycles. The minimum atomic E-state index is 0.0135. The zero-order valence-electron chi connectivity index (χ0n) is 10.5. The fraction of sp³-hybridized carbons (Fsp3) is 0.0714. The van der Waals surface area contributed by atoms with E-state index in [1.54, 1.807) is 16.0 Å². The number of rotatable bonds is 2. The van der Waals surface area contributed by atoms with Crippen LogP contribution in [0.2, 0.25) is 0 Å². The number of nitrogens with one attached hydrogen (secondary N) is 1. The van der Waals surface area contributed by atoms with Crippen LogP contribution in [0.25, 0.3) is 5.70 Å². The standard InChI is InChI=1S/C14H11N5S/c1-2-5-10(6-3-1)12-9-11(13-7-4-8-20-13)15-14-16-17-18-19(12)14/h1-9,12H,(H,15,16,18)/t12-/m1/s1. The topological polar surface area (TPSA) is 55.6 Å². The predicted molar refractivity (Wildman–Crippen MR) is 78.3 cm³/mol. The third-order valence-electron chi connectivity index (χ3n) is 3.26. The molecule has 0 amide bonds. The molecule has 1 N–H and O–H groups in total. The van der Waals surface area contributed by atoms with Crippen molar-refractivity contribution in [2.45, 2.75) is 6.04 Å². The molecule has 0 radical (unpaired) electrons. The van der Waals surface area contributed by atoms with Crippen LogP contribution in [-0.2, 0) is 0 Å². The van der Waals surface area contributed by atoms with Crippen LogP contribution in [0.3, 0.4) is 0 Å². The molecule has 3 heterocycles. The zero-order chi connectivity index (χ0) is 13.4. The SMILES string of the molecule is C1=C(c2cccs2)Nc2nnnn2[C@H]1c1ccccc1. The fourth-order valence-corrected chi connectivity index (χ4v) is 3.02. The van der Waals surface area contributed by atoms with Crippen molar-refractivity contribution in [2.24, 2.45) is 0 Å². The average Bonchev–Trinajstić information content (AvgIpc) is 3.18. The zero-order valence-corrected chi connectivity index (χ0v) is 11.3. The van der Waals surface area contributed by atoms with Gasteiger partial charge in [-0.3, -0.25) is 0 Å². The van der Waals surface area contributed by atoms with Gasteiger partial charge < -0.3 is 5.32 Å². The molecule has 0 saturated heterocycles. The molecule has 4 rings (SSSR count). The van der Waals surface area contributed by atoms with Gasteiger partial charge in [-0.05, 0) is 33.5 Å². The van der Waals surface area contributed by atoms with Gasteiger partial charge in [-0.1, -0.05) is 41.5 Å². The van der Waals surface area contributed by atoms with Gasteiger partial charge in [-0.15, -0.1) is 11.3 Å². The van der Waals surface area contributed by atoms with Gasteiger partial charge in [0.05, 0.1) is 10.6 Å². The lowest BCUT2D eigenvalue weighted by molar-refractivity contribution is 0.586. The number of aromatic nitrogens is 4. The predicted octanol–water partition coefficient (Wildman–Crippen LogP) is 2.79. The van der Waals surface area contributed by atoms with Crippen LogP contribution in [0.1, 0.15) is 16.5 Å². The Hall–Kier alpha value is -2.47. The van der Waals surface area contributed by atoms with Crippen molar-refractivity contribution in [1.29, 1.82) is 0 Å². The Bertz CT molecular complexity index is 745. The van der Waals surface area contributed by atoms with Crippen LogP contribution in [0, 0.1) is 0 Å². The average molecular weight is 281 g/mol. The molecule has 1 aliphatic rings. The number of thiophene rings is 1. The van der Waals surface area contributed by atoms with Gasteiger partial charge in [0.2, 0.25) is 5.95 Å². The second-order valence-corrected chi connectivity index (χ2v) is 5.43. The molecule has 20 heavy (non-hydrogen) atoms. The minimum absolute atomic E-state index is 0.0135. The first-order valence-electron chi connectivity index (χ1n) is 6.27. The molecule has 5 nitrogen and oxygen atoms in total. The summed E-state index contributed by atoms with van der Waals surface area (Å²) in [6.07, 6.45) is 2.16. The molecule has 1 atom stereocenters. The number of tetrazole rings is 1. The van der Waals surface area contributed by atoms with Crippen molar-refractivity contribution in [3.8, 4) is 0 Å². The summed E-state index contributed by atoms with van der Waals surface area (Å²) in [7, 11) is 0. The molecule has 0 aliphatic carbocycles. The van der Waals surface area contributed by atoms with Crippen LogP contribution in [0.4, 0.5) is 5.95 Å². The fourth-order valence-electron chi connectivity index (χ4n) is 2.32. The quantitative estimate of drug-likeness (QED) is 0.784. The number of anilines is 1. The van der Waals surface area contributed by atoms with Crippen LogP contribution < -0.4 is 5.32 Å². The van der Waals surface area contributed by atoms with Gasteiger partial charge >= 0.3 is 0 Å². The van der Waals surface area contributed by atoms with Gasteiger partial charge in [0.15, 0.2) is 0 Å². The summed E-state index contributed by atoms with van der Waals surface area (Å²) < 4.78 is 1.80. The Balaban J connectivity index is 1.84. The van der Waals surface area contributed by atoms with Crippen molar-refractivity contribution in [2.75, 3.05) is 5.32 Å². The molecular weight excluding hydrogens is 270 g/mol. The molecule has 0 saturated carbocycles. The van der Waals surface area contributed by atoms with Crippen LogP contribution in [0.5, 0.6) is 0 Å². The van der Waals surface area contributed by atoms with Crippen LogP contribution in [-0.4, -0.2) is 20.2 Å². The Morgan fingerprint density at radius 3 is 2.80 bits per heavy atom. The monoisotopic (exact) mass is 281 g/mol. The molecule has 0 spiro atoms. The molecule has 2 aromatic heterocycles. The molecule has 6 heteroatoms. The maximum Gasteiger partial charge on any atom is 0.248 e. The summed E-state index contributed by atoms with van der Waals surface area (Å²) in [6.45, 7) is 0. The van der Waals surface area contributed by atoms with Crippen LogP contribution >= 0.6 is 11.3 Å². The highest BCUT2D eigenvalue weighted by molar-refractivity contribution is 7.11. The lowest BCUT2D eigenvalue weighted by Gasteiger charge is -2.22. The summed E-state index contributed by atoms with van der Waals surface area (Å²) in [6, 6.07) is 14.4. The third kappa shape index (κ3) is 1.81. The highest BCUT2D eigenvalue weighted by Crippen LogP contribution is 2.32. The van der Waals surface area contributed by atoms with E-state index in [1.807, 2.05) is 24.3 Å². The largest absolute Gasteiger partial charge is 0.322 e. The van der Waals surface area contributed by atoms with E-state index in [0.29, 0.717) is 5.95 Å². The highest BCUT2D eigenvalue weighted by Gasteiger charge is 2.24. The number of nitrogens with zero attached hydrogens (tertiary/aromatic N) is 4. The third-order valence-corrected chi connectivity index (χ3v) is 4.16. The molecule has 98 valence electrons. The van der Waals surface area contributed by atoms with Crippen molar-refractivity contribution in [3.05, 3.63) is 64.4 Å². The van der Waals surface area contributed by atoms with E-state index in [2.05, 4.69) is 50.5 Å². The molecule has 1 aliphatic heterocycles. The second-order valence-electron chi connectivity index (χ2n) is 4.49. The summed E-state index contributed by atoms with van der Waals surface area (Å²) in [4.78, 5) is 1.18. The van der Waals surface area contributed by atoms with Crippen molar-refractivity contribution in [3.63, 3.8) is 0 Å². The molecule has 0 fully saturated rings. The lowest BCUT2D eigenvalue weighted by atomic mass is 10.0. The molecule has 0 bridgehead atoms. The van der Waals surface area contributed by atoms with Gasteiger partial charge in [0, 0.05) is 0 Å². The lowest BCUT2D eigenvalue weighted by Crippen LogP contribution is -2.19. The Morgan fingerprint density at radius 1 is 1.10 bits per heavy atom. The molecule has 3 aromatic rings. The summed E-state index contributed by atoms with van der Waals surface area (Å²) in [5.41, 5.74) is 2.22. The first-order chi connectivity index (χ1) is 9.92. The highest BCUT2D eigenvalue weighted by atomic mass is 32.1. The number of fused-ring (bicyclic) bond motifs is 1. The van der Waals surface area contributed by atoms with Crippen LogP contribution in [0.15, 0.2) is 53.9 Å². The van der Waals surface area contributed by atoms with E-state index < -0.39 is 0 Å². The maximum absolute atomic E-state index is 4.08. The minimum Gasteiger partial charge on any atom is -0.322 e. The van der Waals surface area contributed by atoms with Crippen molar-refractivity contribution in [1.82, 2.24) is 20.2 Å². The van der Waals surface area contributed by atoms with Crippen molar-refractivity contribution >= 4 is 23.0 Å². The summed E-state index contributed by atoms with van der Waals surface area (Å²) in [5.74, 6) is 0.671. The Morgan fingerprint density at radius 2 is 2.00 bits per heavy atom. The van der Waals surface area contributed by atoms with E-state index in [4.69, 9.17) is 0 Å². The van der Waals surface area contributed by atoms with Gasteiger partial charge in [0.1, 0.15) is 6.04 Å². The summed E-state index contributed by atoms with van der Waals surface area (Å²) in [5, 5.41) is 17.2. The maximum atomic E-state index is 4.08. The Kier molecular flexibility index (Phi) is 2.60. The molecular formula is C14H11N5S. The number of hydrogen-bond donors (Lipinski definition) is 1. The second kappa shape index (κ2) is 4.57. The Labute approximate surface area is 119 Å². The van der Waals surface area contributed by atoms with E-state index in [1.165, 1.54) is 4.88 Å². The van der Waals surface area contributed by atoms with Crippen molar-refractivity contribution < 1.29 is 0 Å². The summed E-state index contributed by atoms with van der Waals surface area (Å²) >= 11 is 1.70. The van der Waals surface area contributed by atoms with Gasteiger partial charge in [-0.25, -0.2) is 0 Å². The smallest absolute Gasteiger partial charge is 0.248 e. The number of hydrogen-bond acceptors (Lipinski definition) is 5. The first kappa shape index (κ1) is 11.4. The number of benzene rings is 1.